The summed E-state index contributed by atoms with van der Waals surface area (Å²) in [6.07, 6.45) is 2.77. The monoisotopic (exact) mass is 239 g/mol. The predicted molar refractivity (Wildman–Crippen MR) is 64.6 cm³/mol. The molecule has 0 aromatic heterocycles. The van der Waals surface area contributed by atoms with Gasteiger partial charge in [0.2, 0.25) is 0 Å². The molecule has 0 bridgehead atoms. The van der Waals surface area contributed by atoms with Crippen molar-refractivity contribution in [2.75, 3.05) is 13.6 Å². The van der Waals surface area contributed by atoms with Gasteiger partial charge in [0.25, 0.3) is 0 Å². The van der Waals surface area contributed by atoms with Crippen LogP contribution >= 0.6 is 11.6 Å². The second kappa shape index (κ2) is 6.30. The molecule has 0 fully saturated rings. The number of aliphatic carboxylic acids is 1. The third-order valence-corrected chi connectivity index (χ3v) is 2.30. The highest BCUT2D eigenvalue weighted by Gasteiger charge is 1.98. The standard InChI is InChI=1S/C12H14ClNO2/c1-14(8-2-3-12(15)16)9-10-4-6-11(13)7-5-10/h2-7H,8-9H2,1H3,(H,15,16)/b3-2+. The van der Waals surface area contributed by atoms with Crippen LogP contribution in [0.3, 0.4) is 0 Å². The van der Waals surface area contributed by atoms with Crippen molar-refractivity contribution < 1.29 is 9.90 Å². The van der Waals surface area contributed by atoms with Crippen LogP contribution in [-0.4, -0.2) is 29.6 Å². The molecule has 0 unspecified atom stereocenters. The predicted octanol–water partition coefficient (Wildman–Crippen LogP) is 2.41. The first-order valence-electron chi connectivity index (χ1n) is 4.90. The number of rotatable bonds is 5. The van der Waals surface area contributed by atoms with E-state index in [-0.39, 0.29) is 0 Å². The summed E-state index contributed by atoms with van der Waals surface area (Å²) in [6, 6.07) is 7.61. The van der Waals surface area contributed by atoms with Crippen molar-refractivity contribution in [3.8, 4) is 0 Å². The quantitative estimate of drug-likeness (QED) is 0.803. The largest absolute Gasteiger partial charge is 0.478 e. The maximum atomic E-state index is 10.3. The Morgan fingerprint density at radius 3 is 2.62 bits per heavy atom. The molecule has 0 saturated carbocycles. The van der Waals surface area contributed by atoms with Crippen LogP contribution in [0, 0.1) is 0 Å². The number of likely N-dealkylation sites (N-methyl/N-ethyl adjacent to an activating group) is 1. The van der Waals surface area contributed by atoms with Gasteiger partial charge >= 0.3 is 5.97 Å². The zero-order chi connectivity index (χ0) is 12.0. The van der Waals surface area contributed by atoms with Crippen LogP contribution in [0.4, 0.5) is 0 Å². The van der Waals surface area contributed by atoms with Gasteiger partial charge in [0, 0.05) is 24.2 Å². The van der Waals surface area contributed by atoms with Crippen molar-refractivity contribution in [3.63, 3.8) is 0 Å². The van der Waals surface area contributed by atoms with Gasteiger partial charge in [-0.1, -0.05) is 29.8 Å². The Morgan fingerprint density at radius 1 is 1.44 bits per heavy atom. The van der Waals surface area contributed by atoms with Gasteiger partial charge in [0.1, 0.15) is 0 Å². The minimum atomic E-state index is -0.917. The number of benzene rings is 1. The van der Waals surface area contributed by atoms with E-state index < -0.39 is 5.97 Å². The molecule has 0 spiro atoms. The fraction of sp³-hybridized carbons (Fsp3) is 0.250. The molecule has 1 rings (SSSR count). The number of halogens is 1. The number of carboxylic acids is 1. The van der Waals surface area contributed by atoms with E-state index >= 15 is 0 Å². The maximum Gasteiger partial charge on any atom is 0.328 e. The van der Waals surface area contributed by atoms with Crippen molar-refractivity contribution in [3.05, 3.63) is 47.0 Å². The van der Waals surface area contributed by atoms with Gasteiger partial charge in [-0.2, -0.15) is 0 Å². The molecule has 4 heteroatoms. The van der Waals surface area contributed by atoms with E-state index in [1.54, 1.807) is 6.08 Å². The fourth-order valence-corrected chi connectivity index (χ4v) is 1.43. The smallest absolute Gasteiger partial charge is 0.328 e. The van der Waals surface area contributed by atoms with Crippen LogP contribution in [0.2, 0.25) is 5.02 Å². The van der Waals surface area contributed by atoms with Gasteiger partial charge in [-0.3, -0.25) is 4.90 Å². The van der Waals surface area contributed by atoms with E-state index in [4.69, 9.17) is 16.7 Å². The molecular weight excluding hydrogens is 226 g/mol. The lowest BCUT2D eigenvalue weighted by atomic mass is 10.2. The van der Waals surface area contributed by atoms with Crippen molar-refractivity contribution in [2.45, 2.75) is 6.54 Å². The van der Waals surface area contributed by atoms with Crippen molar-refractivity contribution >= 4 is 17.6 Å². The summed E-state index contributed by atoms with van der Waals surface area (Å²) < 4.78 is 0. The van der Waals surface area contributed by atoms with Crippen LogP contribution in [0.15, 0.2) is 36.4 Å². The third kappa shape index (κ3) is 4.96. The minimum Gasteiger partial charge on any atom is -0.478 e. The van der Waals surface area contributed by atoms with Gasteiger partial charge < -0.3 is 5.11 Å². The summed E-state index contributed by atoms with van der Waals surface area (Å²) >= 11 is 5.78. The average molecular weight is 240 g/mol. The Labute approximate surface area is 100.0 Å². The first-order valence-corrected chi connectivity index (χ1v) is 5.28. The molecule has 1 N–H and O–H groups in total. The van der Waals surface area contributed by atoms with Gasteiger partial charge in [-0.05, 0) is 24.7 Å². The van der Waals surface area contributed by atoms with Gasteiger partial charge in [0.05, 0.1) is 0 Å². The lowest BCUT2D eigenvalue weighted by molar-refractivity contribution is -0.131. The van der Waals surface area contributed by atoms with E-state index in [1.165, 1.54) is 0 Å². The normalized spacial score (nSPS) is 11.2. The molecular formula is C12H14ClNO2. The topological polar surface area (TPSA) is 40.5 Å². The third-order valence-electron chi connectivity index (χ3n) is 2.04. The maximum absolute atomic E-state index is 10.3. The highest BCUT2D eigenvalue weighted by Crippen LogP contribution is 2.10. The van der Waals surface area contributed by atoms with Crippen LogP contribution in [0.5, 0.6) is 0 Å². The Bertz CT molecular complexity index is 373. The number of carbonyl (C=O) groups is 1. The Hall–Kier alpha value is -1.32. The van der Waals surface area contributed by atoms with E-state index in [0.29, 0.717) is 6.54 Å². The molecule has 16 heavy (non-hydrogen) atoms. The summed E-state index contributed by atoms with van der Waals surface area (Å²) in [5, 5.41) is 9.15. The van der Waals surface area contributed by atoms with Crippen molar-refractivity contribution in [1.29, 1.82) is 0 Å². The van der Waals surface area contributed by atoms with Crippen molar-refractivity contribution in [1.82, 2.24) is 4.90 Å². The summed E-state index contributed by atoms with van der Waals surface area (Å²) in [5.74, 6) is -0.917. The molecule has 0 heterocycles. The minimum absolute atomic E-state index is 0.606. The summed E-state index contributed by atoms with van der Waals surface area (Å²) in [4.78, 5) is 12.3. The number of carboxylic acid groups (broad SMARTS) is 1. The molecule has 0 saturated heterocycles. The van der Waals surface area contributed by atoms with E-state index in [9.17, 15) is 4.79 Å². The molecule has 0 radical (unpaired) electrons. The second-order valence-corrected chi connectivity index (χ2v) is 4.00. The summed E-state index contributed by atoms with van der Waals surface area (Å²) in [5.41, 5.74) is 1.15. The van der Waals surface area contributed by atoms with Crippen LogP contribution in [0.25, 0.3) is 0 Å². The zero-order valence-corrected chi connectivity index (χ0v) is 9.81. The zero-order valence-electron chi connectivity index (χ0n) is 9.06. The van der Waals surface area contributed by atoms with Gasteiger partial charge in [0.15, 0.2) is 0 Å². The Kier molecular flexibility index (Phi) is 5.02. The molecule has 1 aromatic rings. The average Bonchev–Trinajstić information content (AvgIpc) is 2.21. The molecule has 3 nitrogen and oxygen atoms in total. The highest BCUT2D eigenvalue weighted by molar-refractivity contribution is 6.30. The van der Waals surface area contributed by atoms with E-state index in [1.807, 2.05) is 36.2 Å². The molecule has 0 aliphatic carbocycles. The highest BCUT2D eigenvalue weighted by atomic mass is 35.5. The molecule has 0 aliphatic rings. The number of hydrogen-bond acceptors (Lipinski definition) is 2. The van der Waals surface area contributed by atoms with E-state index in [0.717, 1.165) is 23.2 Å². The molecule has 0 aliphatic heterocycles. The SMILES string of the molecule is CN(C/C=C/C(=O)O)Cc1ccc(Cl)cc1. The Morgan fingerprint density at radius 2 is 2.06 bits per heavy atom. The first-order chi connectivity index (χ1) is 7.58. The first kappa shape index (κ1) is 12.7. The second-order valence-electron chi connectivity index (χ2n) is 3.56. The number of nitrogens with zero attached hydrogens (tertiary/aromatic N) is 1. The molecule has 0 atom stereocenters. The molecule has 1 aromatic carbocycles. The number of hydrogen-bond donors (Lipinski definition) is 1. The lowest BCUT2D eigenvalue weighted by Crippen LogP contribution is -2.17. The lowest BCUT2D eigenvalue weighted by Gasteiger charge is -2.14. The van der Waals surface area contributed by atoms with Gasteiger partial charge in [-0.15, -0.1) is 0 Å². The Balaban J connectivity index is 2.42. The van der Waals surface area contributed by atoms with Crippen LogP contribution in [-0.2, 0) is 11.3 Å². The fourth-order valence-electron chi connectivity index (χ4n) is 1.30. The van der Waals surface area contributed by atoms with Crippen molar-refractivity contribution in [2.24, 2.45) is 0 Å². The van der Waals surface area contributed by atoms with E-state index in [2.05, 4.69) is 0 Å². The summed E-state index contributed by atoms with van der Waals surface area (Å²) in [6.45, 7) is 1.37. The summed E-state index contributed by atoms with van der Waals surface area (Å²) in [7, 11) is 1.93. The van der Waals surface area contributed by atoms with Crippen LogP contribution < -0.4 is 0 Å². The van der Waals surface area contributed by atoms with Gasteiger partial charge in [-0.25, -0.2) is 4.79 Å². The molecule has 0 amide bonds. The molecule has 86 valence electrons. The van der Waals surface area contributed by atoms with Crippen LogP contribution in [0.1, 0.15) is 5.56 Å².